The van der Waals surface area contributed by atoms with E-state index in [2.05, 4.69) is 5.10 Å². The molecule has 0 fully saturated rings. The average molecular weight is 287 g/mol. The molecule has 2 aromatic rings. The van der Waals surface area contributed by atoms with E-state index in [-0.39, 0.29) is 6.42 Å². The third kappa shape index (κ3) is 3.11. The number of aliphatic hydroxyl groups is 1. The van der Waals surface area contributed by atoms with Crippen molar-refractivity contribution in [2.75, 3.05) is 0 Å². The Balaban J connectivity index is 2.25. The second-order valence-electron chi connectivity index (χ2n) is 4.19. The molecule has 0 radical (unpaired) electrons. The minimum atomic E-state index is -0.962. The summed E-state index contributed by atoms with van der Waals surface area (Å²) < 4.78 is 27.7. The fourth-order valence-electron chi connectivity index (χ4n) is 2.00. The SMILES string of the molecule is CCn1ncc(Cl)c1C(O)Cc1cc(F)cc(F)c1. The van der Waals surface area contributed by atoms with E-state index in [1.54, 1.807) is 4.68 Å². The second kappa shape index (κ2) is 5.67. The molecule has 1 unspecified atom stereocenters. The molecule has 0 spiro atoms. The third-order valence-electron chi connectivity index (χ3n) is 2.80. The predicted octanol–water partition coefficient (Wildman–Crippen LogP) is 3.11. The lowest BCUT2D eigenvalue weighted by molar-refractivity contribution is 0.167. The monoisotopic (exact) mass is 286 g/mol. The summed E-state index contributed by atoms with van der Waals surface area (Å²) in [5, 5.41) is 14.5. The van der Waals surface area contributed by atoms with Gasteiger partial charge in [-0.1, -0.05) is 11.6 Å². The van der Waals surface area contributed by atoms with Gasteiger partial charge in [-0.15, -0.1) is 0 Å². The van der Waals surface area contributed by atoms with Crippen LogP contribution in [0.25, 0.3) is 0 Å². The molecule has 3 nitrogen and oxygen atoms in total. The molecule has 102 valence electrons. The maximum atomic E-state index is 13.1. The standard InChI is InChI=1S/C13H13ClF2N2O/c1-2-18-13(11(14)7-17-18)12(19)5-8-3-9(15)6-10(16)4-8/h3-4,6-7,12,19H,2,5H2,1H3. The topological polar surface area (TPSA) is 38.0 Å². The summed E-state index contributed by atoms with van der Waals surface area (Å²) in [5.41, 5.74) is 0.818. The fraction of sp³-hybridized carbons (Fsp3) is 0.308. The van der Waals surface area contributed by atoms with Crippen molar-refractivity contribution in [1.29, 1.82) is 0 Å². The molecular formula is C13H13ClF2N2O. The molecule has 1 N–H and O–H groups in total. The Kier molecular flexibility index (Phi) is 4.17. The van der Waals surface area contributed by atoms with Crippen LogP contribution in [0.3, 0.4) is 0 Å². The van der Waals surface area contributed by atoms with Gasteiger partial charge in [-0.2, -0.15) is 5.10 Å². The van der Waals surface area contributed by atoms with Gasteiger partial charge >= 0.3 is 0 Å². The van der Waals surface area contributed by atoms with Crippen molar-refractivity contribution in [3.63, 3.8) is 0 Å². The molecule has 0 bridgehead atoms. The minimum absolute atomic E-state index is 0.0695. The second-order valence-corrected chi connectivity index (χ2v) is 4.60. The summed E-state index contributed by atoms with van der Waals surface area (Å²) in [6.45, 7) is 2.41. The van der Waals surface area contributed by atoms with Gasteiger partial charge in [-0.05, 0) is 24.6 Å². The smallest absolute Gasteiger partial charge is 0.126 e. The first kappa shape index (κ1) is 14.0. The molecular weight excluding hydrogens is 274 g/mol. The van der Waals surface area contributed by atoms with Crippen LogP contribution in [0.15, 0.2) is 24.4 Å². The Morgan fingerprint density at radius 3 is 2.53 bits per heavy atom. The quantitative estimate of drug-likeness (QED) is 0.938. The van der Waals surface area contributed by atoms with Crippen molar-refractivity contribution in [3.8, 4) is 0 Å². The minimum Gasteiger partial charge on any atom is -0.386 e. The van der Waals surface area contributed by atoms with Crippen molar-refractivity contribution in [2.45, 2.75) is 26.0 Å². The van der Waals surface area contributed by atoms with E-state index < -0.39 is 17.7 Å². The molecule has 1 heterocycles. The summed E-state index contributed by atoms with van der Waals surface area (Å²) >= 11 is 5.96. The third-order valence-corrected chi connectivity index (χ3v) is 3.09. The van der Waals surface area contributed by atoms with Crippen LogP contribution in [-0.4, -0.2) is 14.9 Å². The normalized spacial score (nSPS) is 12.7. The van der Waals surface area contributed by atoms with Crippen LogP contribution in [0.1, 0.15) is 24.3 Å². The predicted molar refractivity (Wildman–Crippen MR) is 67.9 cm³/mol. The molecule has 1 aromatic carbocycles. The number of halogens is 3. The molecule has 0 saturated carbocycles. The van der Waals surface area contributed by atoms with E-state index in [0.717, 1.165) is 6.07 Å². The van der Waals surface area contributed by atoms with Gasteiger partial charge < -0.3 is 5.11 Å². The van der Waals surface area contributed by atoms with Crippen LogP contribution in [0.2, 0.25) is 5.02 Å². The Morgan fingerprint density at radius 1 is 1.32 bits per heavy atom. The Hall–Kier alpha value is -1.46. The number of rotatable bonds is 4. The summed E-state index contributed by atoms with van der Waals surface area (Å²) in [6.07, 6.45) is 0.548. The molecule has 6 heteroatoms. The van der Waals surface area contributed by atoms with Gasteiger partial charge in [0.2, 0.25) is 0 Å². The molecule has 0 saturated heterocycles. The van der Waals surface area contributed by atoms with E-state index in [9.17, 15) is 13.9 Å². The van der Waals surface area contributed by atoms with Gasteiger partial charge in [0.1, 0.15) is 17.7 Å². The van der Waals surface area contributed by atoms with Crippen LogP contribution in [0, 0.1) is 11.6 Å². The first-order valence-corrected chi connectivity index (χ1v) is 6.23. The molecule has 1 atom stereocenters. The van der Waals surface area contributed by atoms with Crippen LogP contribution in [0.5, 0.6) is 0 Å². The highest BCUT2D eigenvalue weighted by atomic mass is 35.5. The van der Waals surface area contributed by atoms with E-state index in [1.807, 2.05) is 6.92 Å². The van der Waals surface area contributed by atoms with E-state index in [0.29, 0.717) is 22.8 Å². The number of hydrogen-bond donors (Lipinski definition) is 1. The summed E-state index contributed by atoms with van der Waals surface area (Å²) in [6, 6.07) is 3.17. The number of aromatic nitrogens is 2. The Bertz CT molecular complexity index is 566. The first-order valence-electron chi connectivity index (χ1n) is 5.85. The van der Waals surface area contributed by atoms with E-state index in [4.69, 9.17) is 11.6 Å². The number of hydrogen-bond acceptors (Lipinski definition) is 2. The lowest BCUT2D eigenvalue weighted by atomic mass is 10.1. The summed E-state index contributed by atoms with van der Waals surface area (Å²) in [5.74, 6) is -1.34. The van der Waals surface area contributed by atoms with Gasteiger partial charge in [0, 0.05) is 19.0 Å². The number of nitrogens with zero attached hydrogens (tertiary/aromatic N) is 2. The molecule has 0 aliphatic heterocycles. The van der Waals surface area contributed by atoms with Crippen molar-refractivity contribution >= 4 is 11.6 Å². The van der Waals surface area contributed by atoms with Crippen LogP contribution in [0.4, 0.5) is 8.78 Å². The molecule has 0 aliphatic carbocycles. The maximum absolute atomic E-state index is 13.1. The van der Waals surface area contributed by atoms with Gasteiger partial charge in [0.05, 0.1) is 16.9 Å². The highest BCUT2D eigenvalue weighted by Gasteiger charge is 2.18. The molecule has 19 heavy (non-hydrogen) atoms. The number of aryl methyl sites for hydroxylation is 1. The highest BCUT2D eigenvalue weighted by molar-refractivity contribution is 6.31. The van der Waals surface area contributed by atoms with Crippen LogP contribution < -0.4 is 0 Å². The Labute approximate surface area is 114 Å². The molecule has 2 rings (SSSR count). The lowest BCUT2D eigenvalue weighted by Gasteiger charge is -2.13. The largest absolute Gasteiger partial charge is 0.386 e. The van der Waals surface area contributed by atoms with Gasteiger partial charge in [-0.25, -0.2) is 8.78 Å². The highest BCUT2D eigenvalue weighted by Crippen LogP contribution is 2.26. The van der Waals surface area contributed by atoms with Crippen molar-refractivity contribution in [3.05, 3.63) is 52.3 Å². The maximum Gasteiger partial charge on any atom is 0.126 e. The van der Waals surface area contributed by atoms with Gasteiger partial charge in [0.25, 0.3) is 0 Å². The van der Waals surface area contributed by atoms with Gasteiger partial charge in [-0.3, -0.25) is 4.68 Å². The first-order chi connectivity index (χ1) is 9.01. The number of benzene rings is 1. The molecule has 0 aliphatic rings. The zero-order valence-electron chi connectivity index (χ0n) is 10.3. The zero-order valence-corrected chi connectivity index (χ0v) is 11.0. The lowest BCUT2D eigenvalue weighted by Crippen LogP contribution is -2.11. The van der Waals surface area contributed by atoms with E-state index >= 15 is 0 Å². The molecule has 0 amide bonds. The van der Waals surface area contributed by atoms with E-state index in [1.165, 1.54) is 18.3 Å². The molecule has 1 aromatic heterocycles. The number of aliphatic hydroxyl groups excluding tert-OH is 1. The summed E-state index contributed by atoms with van der Waals surface area (Å²) in [7, 11) is 0. The fourth-order valence-corrected chi connectivity index (χ4v) is 2.27. The van der Waals surface area contributed by atoms with Crippen molar-refractivity contribution < 1.29 is 13.9 Å². The summed E-state index contributed by atoms with van der Waals surface area (Å²) in [4.78, 5) is 0. The van der Waals surface area contributed by atoms with Gasteiger partial charge in [0.15, 0.2) is 0 Å². The van der Waals surface area contributed by atoms with Crippen molar-refractivity contribution in [1.82, 2.24) is 9.78 Å². The zero-order chi connectivity index (χ0) is 14.0. The van der Waals surface area contributed by atoms with Crippen LogP contribution in [-0.2, 0) is 13.0 Å². The van der Waals surface area contributed by atoms with Crippen LogP contribution >= 0.6 is 11.6 Å². The Morgan fingerprint density at radius 2 is 1.95 bits per heavy atom. The van der Waals surface area contributed by atoms with Crippen molar-refractivity contribution in [2.24, 2.45) is 0 Å². The average Bonchev–Trinajstić information content (AvgIpc) is 2.68.